The van der Waals surface area contributed by atoms with E-state index in [0.717, 1.165) is 69.0 Å². The lowest BCUT2D eigenvalue weighted by atomic mass is 10.0. The summed E-state index contributed by atoms with van der Waals surface area (Å²) < 4.78 is 16.6. The fourth-order valence-corrected chi connectivity index (χ4v) is 6.53. The van der Waals surface area contributed by atoms with Gasteiger partial charge in [0.15, 0.2) is 5.82 Å². The summed E-state index contributed by atoms with van der Waals surface area (Å²) in [6.07, 6.45) is 9.37. The molecule has 6 N–H and O–H groups in total. The normalized spacial score (nSPS) is 17.9. The van der Waals surface area contributed by atoms with E-state index in [-0.39, 0.29) is 17.1 Å². The number of hydrogen-bond acceptors (Lipinski definition) is 5. The van der Waals surface area contributed by atoms with E-state index in [1.54, 1.807) is 37.4 Å². The fourth-order valence-electron chi connectivity index (χ4n) is 5.98. The van der Waals surface area contributed by atoms with Gasteiger partial charge in [-0.15, -0.1) is 0 Å². The molecule has 1 fully saturated rings. The minimum absolute atomic E-state index is 0.0480. The first kappa shape index (κ1) is 32.2. The Hall–Kier alpha value is -3.24. The number of aryl methyl sites for hydroxylation is 1. The molecule has 4 aromatic rings. The maximum absolute atomic E-state index is 15.2. The smallest absolute Gasteiger partial charge is 0.354 e. The highest BCUT2D eigenvalue weighted by atomic mass is 35.5. The lowest BCUT2D eigenvalue weighted by Crippen LogP contribution is -2.35. The molecule has 3 atom stereocenters. The van der Waals surface area contributed by atoms with Crippen molar-refractivity contribution < 1.29 is 4.39 Å². The average molecular weight is 641 g/mol. The van der Waals surface area contributed by atoms with Crippen LogP contribution in [-0.2, 0) is 6.42 Å². The number of nitrogens with two attached hydrogens (primary N) is 1. The van der Waals surface area contributed by atoms with Crippen LogP contribution in [-0.4, -0.2) is 39.0 Å². The summed E-state index contributed by atoms with van der Waals surface area (Å²) in [6.45, 7) is 4.47. The molecule has 8 nitrogen and oxygen atoms in total. The molecular weight excluding hydrogens is 600 g/mol. The zero-order valence-corrected chi connectivity index (χ0v) is 26.7. The number of benzene rings is 2. The van der Waals surface area contributed by atoms with Crippen molar-refractivity contribution >= 4 is 40.1 Å². The van der Waals surface area contributed by atoms with Crippen LogP contribution in [0.5, 0.6) is 0 Å². The van der Waals surface area contributed by atoms with Crippen molar-refractivity contribution in [1.82, 2.24) is 25.2 Å². The average Bonchev–Trinajstić information content (AvgIpc) is 3.23. The van der Waals surface area contributed by atoms with E-state index in [1.165, 1.54) is 4.57 Å². The fraction of sp³-hybridized carbons (Fsp3) is 0.424. The molecule has 0 radical (unpaired) electrons. The standard InChI is InChI=1S/C33H40Cl2FN7O/c1-19(37)6-5-7-21-14-26(31(36)28(35)15-21)30-16-22-18-43(33(44)42-32(22)41-30)24-10-11-25(27(34)17-24)29-9-4-3-8-23(40-29)12-13-39-20(2)38/h10-11,14-19,23,29,40H,3-9,12-13,37H2,1-2H3,(H2,38,39)(H,41,42,44)/t19-,23-,29-/m0/s1. The van der Waals surface area contributed by atoms with Gasteiger partial charge in [0.2, 0.25) is 0 Å². The highest BCUT2D eigenvalue weighted by Gasteiger charge is 2.23. The lowest BCUT2D eigenvalue weighted by molar-refractivity contribution is 0.417. The Balaban J connectivity index is 1.39. The molecule has 1 aliphatic heterocycles. The third-order valence-corrected chi connectivity index (χ3v) is 8.87. The molecule has 1 aliphatic rings. The Morgan fingerprint density at radius 3 is 2.75 bits per heavy atom. The van der Waals surface area contributed by atoms with Crippen LogP contribution < -0.4 is 22.1 Å². The Morgan fingerprint density at radius 1 is 1.20 bits per heavy atom. The quantitative estimate of drug-likeness (QED) is 0.0939. The number of rotatable bonds is 10. The van der Waals surface area contributed by atoms with Crippen LogP contribution in [0.25, 0.3) is 28.0 Å². The Morgan fingerprint density at radius 2 is 2.00 bits per heavy atom. The molecule has 44 heavy (non-hydrogen) atoms. The number of fused-ring (bicyclic) bond motifs is 1. The minimum atomic E-state index is -0.526. The summed E-state index contributed by atoms with van der Waals surface area (Å²) in [5.41, 5.74) is 9.11. The topological polar surface area (TPSA) is 125 Å². The molecule has 0 aliphatic carbocycles. The maximum Gasteiger partial charge on any atom is 0.354 e. The minimum Gasteiger partial charge on any atom is -0.374 e. The van der Waals surface area contributed by atoms with E-state index >= 15 is 4.39 Å². The van der Waals surface area contributed by atoms with Gasteiger partial charge in [-0.05, 0) is 93.8 Å². The van der Waals surface area contributed by atoms with Gasteiger partial charge in [-0.1, -0.05) is 42.1 Å². The molecule has 11 heteroatoms. The summed E-state index contributed by atoms with van der Waals surface area (Å²) in [6, 6.07) is 11.4. The molecule has 0 saturated carbocycles. The summed E-state index contributed by atoms with van der Waals surface area (Å²) in [7, 11) is 0. The third kappa shape index (κ3) is 7.69. The van der Waals surface area contributed by atoms with Crippen LogP contribution in [0.3, 0.4) is 0 Å². The van der Waals surface area contributed by atoms with Gasteiger partial charge in [0, 0.05) is 46.8 Å². The first-order valence-electron chi connectivity index (χ1n) is 15.3. The number of aromatic nitrogens is 3. The van der Waals surface area contributed by atoms with Crippen LogP contribution in [0.1, 0.15) is 76.0 Å². The van der Waals surface area contributed by atoms with Crippen molar-refractivity contribution in [2.75, 3.05) is 6.54 Å². The van der Waals surface area contributed by atoms with Gasteiger partial charge < -0.3 is 21.4 Å². The van der Waals surface area contributed by atoms with E-state index in [4.69, 9.17) is 34.3 Å². The summed E-state index contributed by atoms with van der Waals surface area (Å²) in [4.78, 5) is 20.5. The highest BCUT2D eigenvalue weighted by molar-refractivity contribution is 6.31. The summed E-state index contributed by atoms with van der Waals surface area (Å²) in [5.74, 6) is -0.0515. The van der Waals surface area contributed by atoms with Crippen molar-refractivity contribution in [2.45, 2.75) is 83.3 Å². The first-order chi connectivity index (χ1) is 21.1. The molecule has 0 unspecified atom stereocenters. The molecule has 0 spiro atoms. The molecule has 2 aromatic carbocycles. The van der Waals surface area contributed by atoms with Crippen molar-refractivity contribution in [3.8, 4) is 16.9 Å². The van der Waals surface area contributed by atoms with Crippen LogP contribution in [0.2, 0.25) is 10.0 Å². The van der Waals surface area contributed by atoms with Crippen LogP contribution >= 0.6 is 23.2 Å². The Bertz CT molecular complexity index is 1700. The van der Waals surface area contributed by atoms with Crippen LogP contribution in [0.4, 0.5) is 4.39 Å². The molecule has 5 rings (SSSR count). The number of nitrogens with zero attached hydrogens (tertiary/aromatic N) is 2. The SMILES string of the molecule is CC(=N)NCC[C@@H]1CCCC[C@@H](c2ccc(-n3cc4cc(-c5cc(CCC[C@H](C)N)cc(Cl)c5F)[nH]c4nc3=O)cc2Cl)N1. The van der Waals surface area contributed by atoms with Gasteiger partial charge >= 0.3 is 5.69 Å². The predicted molar refractivity (Wildman–Crippen MR) is 178 cm³/mol. The van der Waals surface area contributed by atoms with Crippen molar-refractivity contribution in [2.24, 2.45) is 5.73 Å². The summed E-state index contributed by atoms with van der Waals surface area (Å²) >= 11 is 13.1. The molecular formula is C33H40Cl2FN7O. The second-order valence-electron chi connectivity index (χ2n) is 11.9. The molecule has 0 amide bonds. The van der Waals surface area contributed by atoms with Crippen LogP contribution in [0, 0.1) is 11.2 Å². The van der Waals surface area contributed by atoms with Crippen molar-refractivity contribution in [3.63, 3.8) is 0 Å². The molecule has 0 bridgehead atoms. The van der Waals surface area contributed by atoms with E-state index in [2.05, 4.69) is 20.6 Å². The molecule has 2 aromatic heterocycles. The van der Waals surface area contributed by atoms with Gasteiger partial charge in [-0.3, -0.25) is 9.98 Å². The highest BCUT2D eigenvalue weighted by Crippen LogP contribution is 2.33. The van der Waals surface area contributed by atoms with E-state index in [0.29, 0.717) is 44.9 Å². The van der Waals surface area contributed by atoms with Crippen molar-refractivity contribution in [3.05, 3.63) is 80.1 Å². The maximum atomic E-state index is 15.2. The van der Waals surface area contributed by atoms with E-state index in [1.807, 2.05) is 19.1 Å². The number of halogens is 3. The van der Waals surface area contributed by atoms with Crippen molar-refractivity contribution in [1.29, 1.82) is 5.41 Å². The number of nitrogens with one attached hydrogen (secondary N) is 4. The monoisotopic (exact) mass is 639 g/mol. The first-order valence-corrected chi connectivity index (χ1v) is 16.1. The second kappa shape index (κ2) is 14.2. The van der Waals surface area contributed by atoms with Gasteiger partial charge in [0.1, 0.15) is 5.65 Å². The zero-order valence-electron chi connectivity index (χ0n) is 25.2. The molecule has 234 valence electrons. The Labute approximate surface area is 267 Å². The van der Waals surface area contributed by atoms with Gasteiger partial charge in [0.25, 0.3) is 0 Å². The Kier molecular flexibility index (Phi) is 10.4. The summed E-state index contributed by atoms with van der Waals surface area (Å²) in [5, 5.41) is 15.7. The number of H-pyrrole nitrogens is 1. The largest absolute Gasteiger partial charge is 0.374 e. The number of hydrogen-bond donors (Lipinski definition) is 5. The van der Waals surface area contributed by atoms with E-state index < -0.39 is 11.5 Å². The number of aromatic amines is 1. The zero-order chi connectivity index (χ0) is 31.4. The van der Waals surface area contributed by atoms with Gasteiger partial charge in [-0.25, -0.2) is 9.18 Å². The number of amidine groups is 1. The lowest BCUT2D eigenvalue weighted by Gasteiger charge is -2.24. The van der Waals surface area contributed by atoms with Gasteiger partial charge in [-0.2, -0.15) is 4.98 Å². The molecule has 1 saturated heterocycles. The second-order valence-corrected chi connectivity index (χ2v) is 12.8. The third-order valence-electron chi connectivity index (χ3n) is 8.26. The van der Waals surface area contributed by atoms with Gasteiger partial charge in [0.05, 0.1) is 22.2 Å². The van der Waals surface area contributed by atoms with Crippen LogP contribution in [0.15, 0.2) is 47.4 Å². The molecule has 3 heterocycles. The predicted octanol–water partition coefficient (Wildman–Crippen LogP) is 7.05. The van der Waals surface area contributed by atoms with E-state index in [9.17, 15) is 4.79 Å².